The lowest BCUT2D eigenvalue weighted by molar-refractivity contribution is -0.139. The molecule has 1 atom stereocenters. The van der Waals surface area contributed by atoms with Gasteiger partial charge in [0.05, 0.1) is 34.6 Å². The average molecular weight is 747 g/mol. The van der Waals surface area contributed by atoms with Crippen molar-refractivity contribution in [2.75, 3.05) is 19.8 Å². The number of halogens is 2. The third-order valence-electron chi connectivity index (χ3n) is 6.42. The third-order valence-corrected chi connectivity index (χ3v) is 7.44. The third kappa shape index (κ3) is 8.91. The predicted octanol–water partition coefficient (Wildman–Crippen LogP) is 5.29. The van der Waals surface area contributed by atoms with E-state index in [9.17, 15) is 14.0 Å². The number of nitrogens with one attached hydrogen (secondary N) is 3. The van der Waals surface area contributed by atoms with Gasteiger partial charge in [-0.1, -0.05) is 36.4 Å². The van der Waals surface area contributed by atoms with Gasteiger partial charge in [-0.2, -0.15) is 5.10 Å². The maximum Gasteiger partial charge on any atom is 0.338 e. The SMILES string of the molecule is CCOC(=O)C1=C(C)NC(=S)N[C@H]1c1ccccc1OCC(=O)NN=Cc1cc(I)c(OCc2ccccc2F)c(OCC)c1. The van der Waals surface area contributed by atoms with Crippen LogP contribution in [0.5, 0.6) is 17.2 Å². The monoisotopic (exact) mass is 746 g/mol. The van der Waals surface area contributed by atoms with Crippen molar-refractivity contribution in [2.45, 2.75) is 33.4 Å². The second kappa shape index (κ2) is 16.2. The number of ether oxygens (including phenoxy) is 4. The van der Waals surface area contributed by atoms with Gasteiger partial charge in [-0.25, -0.2) is 14.6 Å². The highest BCUT2D eigenvalue weighted by molar-refractivity contribution is 14.1. The number of hydrazone groups is 1. The zero-order chi connectivity index (χ0) is 32.3. The Kier molecular flexibility index (Phi) is 12.1. The number of benzene rings is 3. The normalized spacial score (nSPS) is 14.4. The highest BCUT2D eigenvalue weighted by Gasteiger charge is 2.32. The lowest BCUT2D eigenvalue weighted by Crippen LogP contribution is -2.45. The number of nitrogens with zero attached hydrogens (tertiary/aromatic N) is 1. The number of rotatable bonds is 13. The van der Waals surface area contributed by atoms with Gasteiger partial charge in [0.2, 0.25) is 0 Å². The fourth-order valence-electron chi connectivity index (χ4n) is 4.44. The molecule has 1 aliphatic heterocycles. The minimum atomic E-state index is -0.643. The Hall–Kier alpha value is -4.24. The summed E-state index contributed by atoms with van der Waals surface area (Å²) in [5.74, 6) is -0.0128. The van der Waals surface area contributed by atoms with E-state index in [1.165, 1.54) is 12.3 Å². The van der Waals surface area contributed by atoms with E-state index in [2.05, 4.69) is 43.8 Å². The first-order chi connectivity index (χ1) is 21.7. The second-order valence-electron chi connectivity index (χ2n) is 9.55. The standard InChI is InChI=1S/C32H32FIN4O6S/c1-4-41-26-15-20(14-24(34)30(26)44-17-21-10-6-8-12-23(21)33)16-35-38-27(39)18-43-25-13-9-7-11-22(25)29-28(31(40)42-5-2)19(3)36-32(45)37-29/h6-16,29H,4-5,17-18H2,1-3H3,(H,38,39)(H2,36,37,45)/t29-/m0/s1. The van der Waals surface area contributed by atoms with Crippen LogP contribution in [-0.2, 0) is 20.9 Å². The summed E-state index contributed by atoms with van der Waals surface area (Å²) in [7, 11) is 0. The van der Waals surface area contributed by atoms with Crippen LogP contribution in [0.4, 0.5) is 4.39 Å². The zero-order valence-corrected chi connectivity index (χ0v) is 27.8. The maximum absolute atomic E-state index is 14.1. The molecule has 1 heterocycles. The van der Waals surface area contributed by atoms with Gasteiger partial charge in [-0.05, 0) is 85.4 Å². The molecule has 0 bridgehead atoms. The Bertz CT molecular complexity index is 1630. The van der Waals surface area contributed by atoms with Crippen molar-refractivity contribution in [3.8, 4) is 17.2 Å². The van der Waals surface area contributed by atoms with Gasteiger partial charge < -0.3 is 29.6 Å². The van der Waals surface area contributed by atoms with Crippen LogP contribution in [0.2, 0.25) is 0 Å². The van der Waals surface area contributed by atoms with E-state index in [1.54, 1.807) is 68.4 Å². The number of amides is 1. The molecule has 10 nitrogen and oxygen atoms in total. The number of hydrogen-bond acceptors (Lipinski definition) is 8. The number of allylic oxidation sites excluding steroid dienone is 1. The number of carbonyl (C=O) groups excluding carboxylic acids is 2. The lowest BCUT2D eigenvalue weighted by Gasteiger charge is -2.30. The number of para-hydroxylation sites is 1. The fourth-order valence-corrected chi connectivity index (χ4v) is 5.49. The summed E-state index contributed by atoms with van der Waals surface area (Å²) in [5.41, 5.74) is 5.06. The van der Waals surface area contributed by atoms with Crippen LogP contribution < -0.4 is 30.3 Å². The summed E-state index contributed by atoms with van der Waals surface area (Å²) in [6.07, 6.45) is 1.47. The molecule has 0 aliphatic carbocycles. The lowest BCUT2D eigenvalue weighted by atomic mass is 9.95. The molecule has 0 saturated carbocycles. The summed E-state index contributed by atoms with van der Waals surface area (Å²) in [6.45, 7) is 5.61. The van der Waals surface area contributed by atoms with Crippen molar-refractivity contribution in [1.29, 1.82) is 0 Å². The van der Waals surface area contributed by atoms with Crippen molar-refractivity contribution in [3.05, 3.63) is 98.0 Å². The smallest absolute Gasteiger partial charge is 0.338 e. The van der Waals surface area contributed by atoms with E-state index >= 15 is 0 Å². The second-order valence-corrected chi connectivity index (χ2v) is 11.1. The predicted molar refractivity (Wildman–Crippen MR) is 180 cm³/mol. The van der Waals surface area contributed by atoms with Crippen molar-refractivity contribution < 1.29 is 32.9 Å². The summed E-state index contributed by atoms with van der Waals surface area (Å²) in [5, 5.41) is 10.5. The summed E-state index contributed by atoms with van der Waals surface area (Å²) in [6, 6.07) is 16.3. The molecular formula is C32H32FIN4O6S. The van der Waals surface area contributed by atoms with E-state index in [4.69, 9.17) is 31.2 Å². The van der Waals surface area contributed by atoms with Crippen LogP contribution in [0.25, 0.3) is 0 Å². The molecule has 0 unspecified atom stereocenters. The Morgan fingerprint density at radius 2 is 1.80 bits per heavy atom. The number of esters is 1. The zero-order valence-electron chi connectivity index (χ0n) is 24.8. The van der Waals surface area contributed by atoms with Crippen molar-refractivity contribution in [3.63, 3.8) is 0 Å². The van der Waals surface area contributed by atoms with E-state index in [1.807, 2.05) is 6.92 Å². The molecular weight excluding hydrogens is 714 g/mol. The van der Waals surface area contributed by atoms with Crippen LogP contribution in [-0.4, -0.2) is 43.0 Å². The van der Waals surface area contributed by atoms with Gasteiger partial charge in [-0.15, -0.1) is 0 Å². The van der Waals surface area contributed by atoms with E-state index in [-0.39, 0.29) is 25.6 Å². The Balaban J connectivity index is 1.41. The summed E-state index contributed by atoms with van der Waals surface area (Å²) < 4.78 is 37.6. The molecule has 0 radical (unpaired) electrons. The topological polar surface area (TPSA) is 120 Å². The van der Waals surface area contributed by atoms with E-state index in [0.29, 0.717) is 56.9 Å². The van der Waals surface area contributed by atoms with Crippen LogP contribution in [0.3, 0.4) is 0 Å². The first-order valence-electron chi connectivity index (χ1n) is 14.0. The van der Waals surface area contributed by atoms with Gasteiger partial charge >= 0.3 is 5.97 Å². The number of thiocarbonyl (C=S) groups is 1. The molecule has 0 saturated heterocycles. The average Bonchev–Trinajstić information content (AvgIpc) is 3.00. The molecule has 236 valence electrons. The largest absolute Gasteiger partial charge is 0.490 e. The first kappa shape index (κ1) is 33.6. The van der Waals surface area contributed by atoms with Gasteiger partial charge in [0.15, 0.2) is 23.2 Å². The van der Waals surface area contributed by atoms with E-state index in [0.717, 1.165) is 3.57 Å². The molecule has 0 fully saturated rings. The van der Waals surface area contributed by atoms with Crippen LogP contribution in [0, 0.1) is 9.39 Å². The Morgan fingerprint density at radius 3 is 2.56 bits per heavy atom. The molecule has 45 heavy (non-hydrogen) atoms. The molecule has 0 aromatic heterocycles. The highest BCUT2D eigenvalue weighted by Crippen LogP contribution is 2.35. The van der Waals surface area contributed by atoms with Crippen molar-refractivity contribution in [2.24, 2.45) is 5.10 Å². The summed E-state index contributed by atoms with van der Waals surface area (Å²) in [4.78, 5) is 25.4. The van der Waals surface area contributed by atoms with E-state index < -0.39 is 17.9 Å². The molecule has 1 amide bonds. The molecule has 3 N–H and O–H groups in total. The molecule has 1 aliphatic rings. The van der Waals surface area contributed by atoms with Gasteiger partial charge in [0.25, 0.3) is 5.91 Å². The number of hydrogen-bond donors (Lipinski definition) is 3. The van der Waals surface area contributed by atoms with Crippen LogP contribution in [0.1, 0.15) is 43.5 Å². The molecule has 3 aromatic rings. The van der Waals surface area contributed by atoms with Crippen LogP contribution >= 0.6 is 34.8 Å². The quantitative estimate of drug-likeness (QED) is 0.0705. The Labute approximate surface area is 279 Å². The minimum Gasteiger partial charge on any atom is -0.490 e. The molecule has 4 rings (SSSR count). The van der Waals surface area contributed by atoms with Gasteiger partial charge in [0, 0.05) is 16.8 Å². The van der Waals surface area contributed by atoms with Crippen LogP contribution in [0.15, 0.2) is 77.0 Å². The van der Waals surface area contributed by atoms with Gasteiger partial charge in [-0.3, -0.25) is 4.79 Å². The highest BCUT2D eigenvalue weighted by atomic mass is 127. The number of carbonyl (C=O) groups is 2. The fraction of sp³-hybridized carbons (Fsp3) is 0.250. The molecule has 0 spiro atoms. The first-order valence-corrected chi connectivity index (χ1v) is 15.5. The molecule has 3 aromatic carbocycles. The van der Waals surface area contributed by atoms with Crippen molar-refractivity contribution in [1.82, 2.24) is 16.1 Å². The summed E-state index contributed by atoms with van der Waals surface area (Å²) >= 11 is 7.42. The van der Waals surface area contributed by atoms with Crippen molar-refractivity contribution >= 4 is 58.0 Å². The van der Waals surface area contributed by atoms with Gasteiger partial charge in [0.1, 0.15) is 18.2 Å². The molecule has 13 heteroatoms. The minimum absolute atomic E-state index is 0.0375. The maximum atomic E-state index is 14.1. The Morgan fingerprint density at radius 1 is 1.04 bits per heavy atom.